The third kappa shape index (κ3) is 1.27. The third-order valence-electron chi connectivity index (χ3n) is 3.29. The molecular weight excluding hydrogens is 228 g/mol. The number of nitrogens with one attached hydrogen (secondary N) is 1. The molecule has 0 saturated heterocycles. The first-order valence-electron chi connectivity index (χ1n) is 6.04. The Labute approximate surface area is 103 Å². The van der Waals surface area contributed by atoms with Gasteiger partial charge in [-0.3, -0.25) is 0 Å². The van der Waals surface area contributed by atoms with Gasteiger partial charge in [-0.1, -0.05) is 0 Å². The van der Waals surface area contributed by atoms with Crippen molar-refractivity contribution in [2.75, 3.05) is 6.61 Å². The number of ether oxygens (including phenoxy) is 1. The van der Waals surface area contributed by atoms with Crippen LogP contribution in [0, 0.1) is 0 Å². The molecule has 0 aliphatic carbocycles. The molecule has 4 heterocycles. The van der Waals surface area contributed by atoms with Crippen LogP contribution in [0.4, 0.5) is 0 Å². The van der Waals surface area contributed by atoms with E-state index in [1.54, 1.807) is 6.20 Å². The molecule has 1 aliphatic heterocycles. The molecule has 5 heteroatoms. The van der Waals surface area contributed by atoms with Crippen LogP contribution in [0.15, 0.2) is 30.7 Å². The zero-order valence-corrected chi connectivity index (χ0v) is 9.76. The summed E-state index contributed by atoms with van der Waals surface area (Å²) in [7, 11) is 0. The van der Waals surface area contributed by atoms with E-state index >= 15 is 0 Å². The Morgan fingerprint density at radius 1 is 1.33 bits per heavy atom. The van der Waals surface area contributed by atoms with Crippen LogP contribution in [0.25, 0.3) is 22.2 Å². The summed E-state index contributed by atoms with van der Waals surface area (Å²) in [5.41, 5.74) is 3.03. The highest BCUT2D eigenvalue weighted by Gasteiger charge is 2.19. The molecule has 5 nitrogen and oxygen atoms in total. The summed E-state index contributed by atoms with van der Waals surface area (Å²) < 4.78 is 7.66. The number of hydrogen-bond acceptors (Lipinski definition) is 3. The van der Waals surface area contributed by atoms with E-state index in [1.165, 1.54) is 0 Å². The number of aromatic nitrogens is 4. The fourth-order valence-corrected chi connectivity index (χ4v) is 2.43. The van der Waals surface area contributed by atoms with E-state index in [2.05, 4.69) is 21.1 Å². The van der Waals surface area contributed by atoms with E-state index in [1.807, 2.05) is 23.1 Å². The van der Waals surface area contributed by atoms with Crippen molar-refractivity contribution >= 4 is 11.0 Å². The van der Waals surface area contributed by atoms with Gasteiger partial charge in [0.15, 0.2) is 0 Å². The maximum absolute atomic E-state index is 5.73. The van der Waals surface area contributed by atoms with Crippen molar-refractivity contribution in [3.63, 3.8) is 0 Å². The molecule has 0 unspecified atom stereocenters. The summed E-state index contributed by atoms with van der Waals surface area (Å²) in [6.07, 6.45) is 6.64. The van der Waals surface area contributed by atoms with Crippen molar-refractivity contribution < 1.29 is 4.74 Å². The molecule has 0 atom stereocenters. The Hall–Kier alpha value is -2.30. The van der Waals surface area contributed by atoms with Gasteiger partial charge in [-0.2, -0.15) is 5.10 Å². The van der Waals surface area contributed by atoms with Crippen LogP contribution >= 0.6 is 0 Å². The van der Waals surface area contributed by atoms with Crippen LogP contribution in [0.3, 0.4) is 0 Å². The van der Waals surface area contributed by atoms with Gasteiger partial charge in [-0.25, -0.2) is 9.67 Å². The van der Waals surface area contributed by atoms with Crippen LogP contribution in [-0.4, -0.2) is 26.4 Å². The smallest absolute Gasteiger partial charge is 0.219 e. The molecule has 0 radical (unpaired) electrons. The lowest BCUT2D eigenvalue weighted by atomic mass is 10.1. The van der Waals surface area contributed by atoms with Gasteiger partial charge in [0.1, 0.15) is 5.65 Å². The van der Waals surface area contributed by atoms with Crippen LogP contribution in [0.2, 0.25) is 0 Å². The quantitative estimate of drug-likeness (QED) is 0.709. The summed E-state index contributed by atoms with van der Waals surface area (Å²) >= 11 is 0. The van der Waals surface area contributed by atoms with E-state index in [-0.39, 0.29) is 0 Å². The lowest BCUT2D eigenvalue weighted by molar-refractivity contribution is 0.231. The Morgan fingerprint density at radius 2 is 2.33 bits per heavy atom. The number of hydrogen-bond donors (Lipinski definition) is 1. The Kier molecular flexibility index (Phi) is 1.94. The largest absolute Gasteiger partial charge is 0.477 e. The van der Waals surface area contributed by atoms with Gasteiger partial charge in [-0.05, 0) is 12.1 Å². The zero-order chi connectivity index (χ0) is 11.9. The molecule has 4 rings (SSSR count). The number of aromatic amines is 1. The second-order valence-electron chi connectivity index (χ2n) is 4.39. The number of nitrogens with zero attached hydrogens (tertiary/aromatic N) is 3. The lowest BCUT2D eigenvalue weighted by Crippen LogP contribution is -2.14. The van der Waals surface area contributed by atoms with Crippen molar-refractivity contribution in [1.29, 1.82) is 0 Å². The number of aryl methyl sites for hydroxylation is 1. The van der Waals surface area contributed by atoms with Gasteiger partial charge in [0.05, 0.1) is 18.4 Å². The third-order valence-corrected chi connectivity index (χ3v) is 3.29. The van der Waals surface area contributed by atoms with Crippen molar-refractivity contribution in [2.45, 2.75) is 13.0 Å². The van der Waals surface area contributed by atoms with Crippen molar-refractivity contribution in [2.24, 2.45) is 0 Å². The Balaban J connectivity index is 1.95. The Morgan fingerprint density at radius 3 is 3.33 bits per heavy atom. The van der Waals surface area contributed by atoms with Crippen LogP contribution < -0.4 is 4.74 Å². The molecule has 1 N–H and O–H groups in total. The van der Waals surface area contributed by atoms with Crippen LogP contribution in [-0.2, 0) is 6.54 Å². The monoisotopic (exact) mass is 240 g/mol. The standard InChI is InChI=1S/C13H12N4O/c1-3-9-10(7-15-12(9)14-4-1)11-8-16-17-5-2-6-18-13(11)17/h1,3-4,7-8H,2,5-6H2,(H,14,15). The fraction of sp³-hybridized carbons (Fsp3) is 0.231. The normalized spacial score (nSPS) is 14.4. The predicted molar refractivity (Wildman–Crippen MR) is 67.4 cm³/mol. The van der Waals surface area contributed by atoms with Crippen molar-refractivity contribution in [1.82, 2.24) is 19.7 Å². The van der Waals surface area contributed by atoms with Gasteiger partial charge in [0.25, 0.3) is 0 Å². The first-order valence-corrected chi connectivity index (χ1v) is 6.04. The summed E-state index contributed by atoms with van der Waals surface area (Å²) in [4.78, 5) is 7.48. The molecule has 90 valence electrons. The van der Waals surface area contributed by atoms with Crippen LogP contribution in [0.5, 0.6) is 5.88 Å². The molecule has 3 aromatic heterocycles. The van der Waals surface area contributed by atoms with Crippen LogP contribution in [0.1, 0.15) is 6.42 Å². The highest BCUT2D eigenvalue weighted by molar-refractivity contribution is 5.94. The van der Waals surface area contributed by atoms with E-state index in [0.29, 0.717) is 0 Å². The molecule has 3 aromatic rings. The molecule has 0 fully saturated rings. The predicted octanol–water partition coefficient (Wildman–Crippen LogP) is 2.21. The minimum atomic E-state index is 0.763. The highest BCUT2D eigenvalue weighted by atomic mass is 16.5. The van der Waals surface area contributed by atoms with E-state index in [9.17, 15) is 0 Å². The van der Waals surface area contributed by atoms with Gasteiger partial charge in [0.2, 0.25) is 5.88 Å². The summed E-state index contributed by atoms with van der Waals surface area (Å²) in [6.45, 7) is 1.69. The molecule has 1 aliphatic rings. The maximum Gasteiger partial charge on any atom is 0.219 e. The summed E-state index contributed by atoms with van der Waals surface area (Å²) in [5, 5.41) is 5.48. The van der Waals surface area contributed by atoms with Gasteiger partial charge < -0.3 is 9.72 Å². The average Bonchev–Trinajstić information content (AvgIpc) is 3.01. The fourth-order valence-electron chi connectivity index (χ4n) is 2.43. The SMILES string of the molecule is c1cnc2[nH]cc(-c3cnn4c3OCCC4)c2c1. The molecule has 0 aromatic carbocycles. The second-order valence-corrected chi connectivity index (χ2v) is 4.39. The summed E-state index contributed by atoms with van der Waals surface area (Å²) in [6, 6.07) is 4.00. The number of H-pyrrole nitrogens is 1. The van der Waals surface area contributed by atoms with Gasteiger partial charge >= 0.3 is 0 Å². The topological polar surface area (TPSA) is 55.7 Å². The first kappa shape index (κ1) is 9.70. The molecule has 0 spiro atoms. The van der Waals surface area contributed by atoms with Crippen molar-refractivity contribution in [3.05, 3.63) is 30.7 Å². The average molecular weight is 240 g/mol. The Bertz CT molecular complexity index is 713. The number of rotatable bonds is 1. The first-order chi connectivity index (χ1) is 8.93. The number of fused-ring (bicyclic) bond motifs is 2. The second kappa shape index (κ2) is 3.60. The highest BCUT2D eigenvalue weighted by Crippen LogP contribution is 2.35. The zero-order valence-electron chi connectivity index (χ0n) is 9.76. The lowest BCUT2D eigenvalue weighted by Gasteiger charge is -2.15. The minimum absolute atomic E-state index is 0.763. The molecular formula is C13H12N4O. The van der Waals surface area contributed by atoms with E-state index < -0.39 is 0 Å². The minimum Gasteiger partial charge on any atom is -0.477 e. The van der Waals surface area contributed by atoms with E-state index in [4.69, 9.17) is 4.74 Å². The van der Waals surface area contributed by atoms with Gasteiger partial charge in [0, 0.05) is 36.3 Å². The van der Waals surface area contributed by atoms with E-state index in [0.717, 1.165) is 47.6 Å². The molecule has 0 saturated carbocycles. The maximum atomic E-state index is 5.73. The molecule has 0 bridgehead atoms. The molecule has 0 amide bonds. The summed E-state index contributed by atoms with van der Waals surface area (Å²) in [5.74, 6) is 0.867. The number of pyridine rings is 1. The van der Waals surface area contributed by atoms with Crippen molar-refractivity contribution in [3.8, 4) is 17.0 Å². The molecule has 18 heavy (non-hydrogen) atoms. The van der Waals surface area contributed by atoms with Gasteiger partial charge in [-0.15, -0.1) is 0 Å².